The van der Waals surface area contributed by atoms with Crippen molar-refractivity contribution in [2.75, 3.05) is 7.11 Å². The SMILES string of the molecule is COC(=O)c1ccc(Cl)cn1.Clc1ccc(Cl)nc1. The number of hydrogen-bond acceptors (Lipinski definition) is 4. The van der Waals surface area contributed by atoms with Crippen LogP contribution < -0.4 is 0 Å². The molecule has 0 amide bonds. The maximum absolute atomic E-state index is 10.8. The molecule has 0 radical (unpaired) electrons. The lowest BCUT2D eigenvalue weighted by atomic mass is 10.3. The molecule has 0 fully saturated rings. The summed E-state index contributed by atoms with van der Waals surface area (Å²) in [7, 11) is 1.30. The van der Waals surface area contributed by atoms with Gasteiger partial charge in [-0.25, -0.2) is 14.8 Å². The molecule has 0 aliphatic carbocycles. The molecule has 0 atom stereocenters. The molecule has 2 aromatic heterocycles. The van der Waals surface area contributed by atoms with Gasteiger partial charge in [-0.3, -0.25) is 0 Å². The van der Waals surface area contributed by atoms with Crippen molar-refractivity contribution in [1.82, 2.24) is 9.97 Å². The van der Waals surface area contributed by atoms with Crippen LogP contribution in [-0.2, 0) is 4.74 Å². The molecule has 2 aromatic rings. The van der Waals surface area contributed by atoms with Crippen molar-refractivity contribution in [3.05, 3.63) is 57.6 Å². The third kappa shape index (κ3) is 5.87. The Morgan fingerprint density at radius 2 is 1.58 bits per heavy atom. The summed E-state index contributed by atoms with van der Waals surface area (Å²) >= 11 is 16.5. The predicted octanol–water partition coefficient (Wildman–Crippen LogP) is 3.91. The van der Waals surface area contributed by atoms with E-state index in [9.17, 15) is 4.79 Å². The number of carbonyl (C=O) groups is 1. The van der Waals surface area contributed by atoms with Gasteiger partial charge in [-0.15, -0.1) is 0 Å². The van der Waals surface area contributed by atoms with Crippen LogP contribution in [0, 0.1) is 0 Å². The first kappa shape index (κ1) is 15.7. The third-order valence-corrected chi connectivity index (χ3v) is 2.48. The maximum atomic E-state index is 10.8. The molecule has 2 heterocycles. The quantitative estimate of drug-likeness (QED) is 0.590. The van der Waals surface area contributed by atoms with Crippen molar-refractivity contribution in [1.29, 1.82) is 0 Å². The Bertz CT molecular complexity index is 509. The van der Waals surface area contributed by atoms with E-state index >= 15 is 0 Å². The number of pyridine rings is 2. The number of carbonyl (C=O) groups excluding carboxylic acids is 1. The van der Waals surface area contributed by atoms with E-state index in [4.69, 9.17) is 34.8 Å². The number of rotatable bonds is 1. The van der Waals surface area contributed by atoms with E-state index in [2.05, 4.69) is 14.7 Å². The van der Waals surface area contributed by atoms with Crippen molar-refractivity contribution in [3.8, 4) is 0 Å². The summed E-state index contributed by atoms with van der Waals surface area (Å²) < 4.78 is 4.43. The third-order valence-electron chi connectivity index (χ3n) is 1.81. The van der Waals surface area contributed by atoms with E-state index in [0.29, 0.717) is 15.2 Å². The Kier molecular flexibility index (Phi) is 6.56. The summed E-state index contributed by atoms with van der Waals surface area (Å²) in [6, 6.07) is 6.43. The van der Waals surface area contributed by atoms with Crippen LogP contribution >= 0.6 is 34.8 Å². The van der Waals surface area contributed by atoms with Gasteiger partial charge < -0.3 is 4.74 Å². The molecule has 0 saturated heterocycles. The van der Waals surface area contributed by atoms with Crippen LogP contribution in [0.4, 0.5) is 0 Å². The molecule has 2 rings (SSSR count). The smallest absolute Gasteiger partial charge is 0.356 e. The van der Waals surface area contributed by atoms with Crippen LogP contribution in [0.5, 0.6) is 0 Å². The molecule has 0 bridgehead atoms. The number of aromatic nitrogens is 2. The molecule has 0 aliphatic heterocycles. The van der Waals surface area contributed by atoms with Crippen molar-refractivity contribution in [3.63, 3.8) is 0 Å². The van der Waals surface area contributed by atoms with Gasteiger partial charge in [0.2, 0.25) is 0 Å². The molecule has 100 valence electrons. The lowest BCUT2D eigenvalue weighted by Crippen LogP contribution is -2.02. The fraction of sp³-hybridized carbons (Fsp3) is 0.0833. The van der Waals surface area contributed by atoms with E-state index < -0.39 is 5.97 Å². The van der Waals surface area contributed by atoms with E-state index in [1.54, 1.807) is 18.2 Å². The second-order valence-corrected chi connectivity index (χ2v) is 4.41. The molecule has 19 heavy (non-hydrogen) atoms. The topological polar surface area (TPSA) is 52.1 Å². The van der Waals surface area contributed by atoms with Crippen LogP contribution in [0.1, 0.15) is 10.5 Å². The Balaban J connectivity index is 0.000000200. The number of nitrogens with zero attached hydrogens (tertiary/aromatic N) is 2. The highest BCUT2D eigenvalue weighted by molar-refractivity contribution is 6.32. The summed E-state index contributed by atoms with van der Waals surface area (Å²) in [5.41, 5.74) is 0.261. The molecule has 7 heteroatoms. The standard InChI is InChI=1S/C7H6ClNO2.C5H3Cl2N/c1-11-7(10)6-3-2-5(8)4-9-6;6-4-1-2-5(7)8-3-4/h2-4H,1H3;1-3H. The summed E-state index contributed by atoms with van der Waals surface area (Å²) in [4.78, 5) is 18.3. The van der Waals surface area contributed by atoms with Crippen molar-refractivity contribution in [2.45, 2.75) is 0 Å². The number of esters is 1. The summed E-state index contributed by atoms with van der Waals surface area (Å²) in [6.07, 6.45) is 2.90. The highest BCUT2D eigenvalue weighted by atomic mass is 35.5. The van der Waals surface area contributed by atoms with Gasteiger partial charge in [0, 0.05) is 12.4 Å². The van der Waals surface area contributed by atoms with Crippen LogP contribution in [0.2, 0.25) is 15.2 Å². The highest BCUT2D eigenvalue weighted by Crippen LogP contribution is 2.08. The van der Waals surface area contributed by atoms with Gasteiger partial charge >= 0.3 is 5.97 Å². The van der Waals surface area contributed by atoms with Crippen molar-refractivity contribution >= 4 is 40.8 Å². The van der Waals surface area contributed by atoms with Gasteiger partial charge in [-0.2, -0.15) is 0 Å². The average Bonchev–Trinajstić information content (AvgIpc) is 2.43. The van der Waals surface area contributed by atoms with E-state index in [1.807, 2.05) is 0 Å². The van der Waals surface area contributed by atoms with Crippen LogP contribution in [0.25, 0.3) is 0 Å². The zero-order valence-electron chi connectivity index (χ0n) is 9.81. The minimum absolute atomic E-state index is 0.261. The Hall–Kier alpha value is -1.36. The van der Waals surface area contributed by atoms with Gasteiger partial charge in [-0.1, -0.05) is 34.8 Å². The normalized spacial score (nSPS) is 9.26. The minimum Gasteiger partial charge on any atom is -0.464 e. The fourth-order valence-electron chi connectivity index (χ4n) is 0.959. The summed E-state index contributed by atoms with van der Waals surface area (Å²) in [5, 5.41) is 1.57. The zero-order chi connectivity index (χ0) is 14.3. The first-order valence-electron chi connectivity index (χ1n) is 5.00. The molecule has 0 N–H and O–H groups in total. The second kappa shape index (κ2) is 7.94. The van der Waals surface area contributed by atoms with Gasteiger partial charge in [0.1, 0.15) is 10.8 Å². The second-order valence-electron chi connectivity index (χ2n) is 3.15. The monoisotopic (exact) mass is 318 g/mol. The predicted molar refractivity (Wildman–Crippen MR) is 74.8 cm³/mol. The molecule has 0 aliphatic rings. The van der Waals surface area contributed by atoms with Crippen LogP contribution in [-0.4, -0.2) is 23.0 Å². The maximum Gasteiger partial charge on any atom is 0.356 e. The Labute approximate surface area is 125 Å². The Morgan fingerprint density at radius 3 is 1.95 bits per heavy atom. The van der Waals surface area contributed by atoms with Crippen LogP contribution in [0.15, 0.2) is 36.7 Å². The van der Waals surface area contributed by atoms with Gasteiger partial charge in [0.05, 0.1) is 17.2 Å². The van der Waals surface area contributed by atoms with Crippen LogP contribution in [0.3, 0.4) is 0 Å². The zero-order valence-corrected chi connectivity index (χ0v) is 12.1. The lowest BCUT2D eigenvalue weighted by Gasteiger charge is -1.96. The van der Waals surface area contributed by atoms with Crippen molar-refractivity contribution < 1.29 is 9.53 Å². The number of ether oxygens (including phenoxy) is 1. The lowest BCUT2D eigenvalue weighted by molar-refractivity contribution is 0.0594. The molecule has 0 spiro atoms. The van der Waals surface area contributed by atoms with Gasteiger partial charge in [0.15, 0.2) is 0 Å². The molecule has 0 saturated carbocycles. The fourth-order valence-corrected chi connectivity index (χ4v) is 1.29. The molecular formula is C12H9Cl3N2O2. The first-order chi connectivity index (χ1) is 9.02. The summed E-state index contributed by atoms with van der Waals surface area (Å²) in [6.45, 7) is 0. The van der Waals surface area contributed by atoms with Crippen molar-refractivity contribution in [2.24, 2.45) is 0 Å². The van der Waals surface area contributed by atoms with E-state index in [1.165, 1.54) is 25.6 Å². The number of methoxy groups -OCH3 is 1. The largest absolute Gasteiger partial charge is 0.464 e. The molecule has 4 nitrogen and oxygen atoms in total. The first-order valence-corrected chi connectivity index (χ1v) is 6.13. The molecule has 0 unspecified atom stereocenters. The summed E-state index contributed by atoms with van der Waals surface area (Å²) in [5.74, 6) is -0.457. The highest BCUT2D eigenvalue weighted by Gasteiger charge is 2.04. The molecular weight excluding hydrogens is 311 g/mol. The number of hydrogen-bond donors (Lipinski definition) is 0. The van der Waals surface area contributed by atoms with Gasteiger partial charge in [-0.05, 0) is 24.3 Å². The van der Waals surface area contributed by atoms with Gasteiger partial charge in [0.25, 0.3) is 0 Å². The number of halogens is 3. The minimum atomic E-state index is -0.457. The average molecular weight is 320 g/mol. The van der Waals surface area contributed by atoms with E-state index in [0.717, 1.165) is 0 Å². The Morgan fingerprint density at radius 1 is 1.00 bits per heavy atom. The molecule has 0 aromatic carbocycles. The van der Waals surface area contributed by atoms with E-state index in [-0.39, 0.29) is 5.69 Å².